The van der Waals surface area contributed by atoms with Crippen molar-refractivity contribution in [1.29, 1.82) is 0 Å². The Balaban J connectivity index is 1.79. The van der Waals surface area contributed by atoms with E-state index < -0.39 is 11.9 Å². The molecule has 0 aliphatic heterocycles. The monoisotopic (exact) mass is 478 g/mol. The van der Waals surface area contributed by atoms with Gasteiger partial charge in [0.15, 0.2) is 17.8 Å². The molecule has 11 heteroatoms. The Bertz CT molecular complexity index is 1460. The first-order valence-electron chi connectivity index (χ1n) is 10.6. The molecule has 180 valence electrons. The lowest BCUT2D eigenvalue weighted by atomic mass is 10.00. The molecule has 2 aromatic heterocycles. The van der Waals surface area contributed by atoms with Crippen molar-refractivity contribution in [3.63, 3.8) is 0 Å². The summed E-state index contributed by atoms with van der Waals surface area (Å²) in [4.78, 5) is 50.1. The van der Waals surface area contributed by atoms with Crippen LogP contribution in [0.2, 0.25) is 0 Å². The maximum atomic E-state index is 12.4. The van der Waals surface area contributed by atoms with Crippen molar-refractivity contribution in [1.82, 2.24) is 19.9 Å². The Hall–Kier alpha value is -4.67. The summed E-state index contributed by atoms with van der Waals surface area (Å²) in [5.74, 6) is -0.0644. The predicted molar refractivity (Wildman–Crippen MR) is 125 cm³/mol. The van der Waals surface area contributed by atoms with E-state index in [0.29, 0.717) is 40.5 Å². The number of aromatic nitrogens is 4. The molecule has 0 bridgehead atoms. The first-order chi connectivity index (χ1) is 16.9. The second-order valence-electron chi connectivity index (χ2n) is 7.26. The van der Waals surface area contributed by atoms with Gasteiger partial charge in [-0.1, -0.05) is 6.07 Å². The van der Waals surface area contributed by atoms with Crippen molar-refractivity contribution >= 4 is 23.1 Å². The van der Waals surface area contributed by atoms with Crippen LogP contribution in [0.5, 0.6) is 11.5 Å². The minimum Gasteiger partial charge on any atom is -0.493 e. The minimum absolute atomic E-state index is 0.211. The zero-order chi connectivity index (χ0) is 24.9. The molecule has 11 nitrogen and oxygen atoms in total. The van der Waals surface area contributed by atoms with Crippen LogP contribution in [0.3, 0.4) is 0 Å². The topological polar surface area (TPSA) is 145 Å². The van der Waals surface area contributed by atoms with Crippen LogP contribution < -0.4 is 15.0 Å². The molecule has 0 aliphatic rings. The van der Waals surface area contributed by atoms with E-state index in [2.05, 4.69) is 24.7 Å². The van der Waals surface area contributed by atoms with Crippen molar-refractivity contribution in [2.75, 3.05) is 27.4 Å². The smallest absolute Gasteiger partial charge is 0.343 e. The number of methoxy groups -OCH3 is 2. The van der Waals surface area contributed by atoms with E-state index in [1.165, 1.54) is 26.6 Å². The van der Waals surface area contributed by atoms with Gasteiger partial charge in [-0.05, 0) is 48.4 Å². The van der Waals surface area contributed by atoms with Crippen LogP contribution in [0.25, 0.3) is 33.7 Å². The summed E-state index contributed by atoms with van der Waals surface area (Å²) in [6.07, 6.45) is 1.40. The Morgan fingerprint density at radius 2 is 1.83 bits per heavy atom. The van der Waals surface area contributed by atoms with Gasteiger partial charge in [0.25, 0.3) is 5.56 Å². The fourth-order valence-corrected chi connectivity index (χ4v) is 3.43. The Morgan fingerprint density at radius 1 is 1.00 bits per heavy atom. The molecule has 0 radical (unpaired) electrons. The highest BCUT2D eigenvalue weighted by molar-refractivity contribution is 5.92. The second kappa shape index (κ2) is 10.1. The number of rotatable bonds is 8. The summed E-state index contributed by atoms with van der Waals surface area (Å²) in [5, 5.41) is 0. The van der Waals surface area contributed by atoms with E-state index in [-0.39, 0.29) is 29.0 Å². The molecule has 4 aromatic rings. The van der Waals surface area contributed by atoms with Crippen molar-refractivity contribution in [2.45, 2.75) is 6.92 Å². The number of nitrogens with one attached hydrogen (secondary N) is 2. The average molecular weight is 478 g/mol. The third kappa shape index (κ3) is 4.98. The number of carbonyl (C=O) groups is 2. The number of esters is 2. The summed E-state index contributed by atoms with van der Waals surface area (Å²) in [6.45, 7) is 1.88. The van der Waals surface area contributed by atoms with E-state index in [0.717, 1.165) is 0 Å². The molecular formula is C24H22N4O7. The van der Waals surface area contributed by atoms with Crippen LogP contribution in [-0.4, -0.2) is 59.3 Å². The maximum Gasteiger partial charge on any atom is 0.343 e. The van der Waals surface area contributed by atoms with E-state index in [1.807, 2.05) is 6.92 Å². The predicted octanol–water partition coefficient (Wildman–Crippen LogP) is 2.72. The van der Waals surface area contributed by atoms with Crippen molar-refractivity contribution in [3.8, 4) is 34.0 Å². The lowest BCUT2D eigenvalue weighted by Gasteiger charge is -2.14. The Kier molecular flexibility index (Phi) is 6.76. The fraction of sp³-hybridized carbons (Fsp3) is 0.208. The fourth-order valence-electron chi connectivity index (χ4n) is 3.43. The van der Waals surface area contributed by atoms with Crippen LogP contribution in [0.1, 0.15) is 17.3 Å². The van der Waals surface area contributed by atoms with Gasteiger partial charge in [0.05, 0.1) is 38.3 Å². The summed E-state index contributed by atoms with van der Waals surface area (Å²) < 4.78 is 20.8. The highest BCUT2D eigenvalue weighted by atomic mass is 16.6. The molecule has 2 N–H and O–H groups in total. The molecule has 0 aliphatic carbocycles. The standard InChI is InChI=1S/C24H22N4O7/c1-4-34-18-10-13(5-6-17(18)21-27-22-20(23(30)28-21)25-12-26-22)14-7-15(24(31)33-3)9-16(8-14)35-11-19(29)32-2/h5-10,12H,4,11H2,1-3H3,(H2,25,26,27,28,30). The van der Waals surface area contributed by atoms with Crippen LogP contribution in [0.15, 0.2) is 47.5 Å². The van der Waals surface area contributed by atoms with Crippen molar-refractivity contribution in [2.24, 2.45) is 0 Å². The van der Waals surface area contributed by atoms with Crippen molar-refractivity contribution in [3.05, 3.63) is 58.6 Å². The molecule has 0 saturated carbocycles. The number of aromatic amines is 2. The van der Waals surface area contributed by atoms with Gasteiger partial charge in [-0.15, -0.1) is 0 Å². The number of benzene rings is 2. The van der Waals surface area contributed by atoms with Gasteiger partial charge < -0.3 is 28.9 Å². The van der Waals surface area contributed by atoms with E-state index in [1.54, 1.807) is 30.3 Å². The summed E-state index contributed by atoms with van der Waals surface area (Å²) in [6, 6.07) is 10.1. The average Bonchev–Trinajstić information content (AvgIpc) is 3.36. The number of nitrogens with zero attached hydrogens (tertiary/aromatic N) is 2. The van der Waals surface area contributed by atoms with Gasteiger partial charge in [0.1, 0.15) is 17.3 Å². The largest absolute Gasteiger partial charge is 0.493 e. The quantitative estimate of drug-likeness (QED) is 0.365. The van der Waals surface area contributed by atoms with E-state index >= 15 is 0 Å². The first-order valence-corrected chi connectivity index (χ1v) is 10.6. The Morgan fingerprint density at radius 3 is 2.57 bits per heavy atom. The third-order valence-corrected chi connectivity index (χ3v) is 5.07. The van der Waals surface area contributed by atoms with Gasteiger partial charge in [0.2, 0.25) is 0 Å². The molecule has 0 atom stereocenters. The molecule has 0 unspecified atom stereocenters. The summed E-state index contributed by atoms with van der Waals surface area (Å²) in [5.41, 5.74) is 2.30. The number of H-pyrrole nitrogens is 2. The number of imidazole rings is 1. The van der Waals surface area contributed by atoms with E-state index in [9.17, 15) is 14.4 Å². The maximum absolute atomic E-state index is 12.4. The molecule has 0 spiro atoms. The van der Waals surface area contributed by atoms with Gasteiger partial charge in [-0.2, -0.15) is 0 Å². The van der Waals surface area contributed by atoms with Crippen LogP contribution in [0.4, 0.5) is 0 Å². The van der Waals surface area contributed by atoms with Gasteiger partial charge >= 0.3 is 11.9 Å². The van der Waals surface area contributed by atoms with Crippen LogP contribution >= 0.6 is 0 Å². The molecule has 0 amide bonds. The van der Waals surface area contributed by atoms with Crippen molar-refractivity contribution < 1.29 is 28.5 Å². The molecule has 4 rings (SSSR count). The second-order valence-corrected chi connectivity index (χ2v) is 7.26. The molecular weight excluding hydrogens is 456 g/mol. The first kappa shape index (κ1) is 23.5. The number of carbonyl (C=O) groups excluding carboxylic acids is 2. The molecule has 2 heterocycles. The highest BCUT2D eigenvalue weighted by Gasteiger charge is 2.16. The number of hydrogen-bond acceptors (Lipinski definition) is 9. The van der Waals surface area contributed by atoms with Gasteiger partial charge in [0, 0.05) is 0 Å². The zero-order valence-corrected chi connectivity index (χ0v) is 19.2. The van der Waals surface area contributed by atoms with Crippen LogP contribution in [-0.2, 0) is 14.3 Å². The Labute approximate surface area is 199 Å². The summed E-state index contributed by atoms with van der Waals surface area (Å²) >= 11 is 0. The molecule has 2 aromatic carbocycles. The van der Waals surface area contributed by atoms with Crippen LogP contribution in [0, 0.1) is 0 Å². The zero-order valence-electron chi connectivity index (χ0n) is 19.2. The lowest BCUT2D eigenvalue weighted by Crippen LogP contribution is -2.13. The molecule has 0 saturated heterocycles. The highest BCUT2D eigenvalue weighted by Crippen LogP contribution is 2.34. The number of ether oxygens (including phenoxy) is 4. The normalized spacial score (nSPS) is 10.7. The third-order valence-electron chi connectivity index (χ3n) is 5.07. The minimum atomic E-state index is -0.564. The SMILES string of the molecule is CCOc1cc(-c2cc(OCC(=O)OC)cc(C(=O)OC)c2)ccc1-c1nc2[nH]cnc2c(=O)[nH]1. The molecule has 35 heavy (non-hydrogen) atoms. The summed E-state index contributed by atoms with van der Waals surface area (Å²) in [7, 11) is 2.53. The van der Waals surface area contributed by atoms with E-state index in [4.69, 9.17) is 14.2 Å². The number of hydrogen-bond donors (Lipinski definition) is 2. The number of fused-ring (bicyclic) bond motifs is 1. The van der Waals surface area contributed by atoms with Gasteiger partial charge in [-0.25, -0.2) is 19.6 Å². The molecule has 0 fully saturated rings. The van der Waals surface area contributed by atoms with Gasteiger partial charge in [-0.3, -0.25) is 4.79 Å². The lowest BCUT2D eigenvalue weighted by molar-refractivity contribution is -0.142.